The Labute approximate surface area is 116 Å². The van der Waals surface area contributed by atoms with Gasteiger partial charge in [-0.1, -0.05) is 26.2 Å². The summed E-state index contributed by atoms with van der Waals surface area (Å²) < 4.78 is 10.7. The normalized spacial score (nSPS) is 14.5. The second-order valence-corrected chi connectivity index (χ2v) is 4.93. The van der Waals surface area contributed by atoms with Crippen LogP contribution < -0.4 is 5.32 Å². The van der Waals surface area contributed by atoms with Gasteiger partial charge in [0.15, 0.2) is 0 Å². The molecule has 1 rings (SSSR count). The van der Waals surface area contributed by atoms with Crippen molar-refractivity contribution in [1.29, 1.82) is 0 Å². The summed E-state index contributed by atoms with van der Waals surface area (Å²) in [6.45, 7) is 5.85. The quantitative estimate of drug-likeness (QED) is 0.607. The highest BCUT2D eigenvalue weighted by Gasteiger charge is 2.10. The lowest BCUT2D eigenvalue weighted by molar-refractivity contribution is 0.0340. The van der Waals surface area contributed by atoms with E-state index in [0.717, 1.165) is 18.8 Å². The SMILES string of the molecule is CCCCCCOCC(O)CNC(C)c1ccco1. The van der Waals surface area contributed by atoms with Crippen LogP contribution >= 0.6 is 0 Å². The van der Waals surface area contributed by atoms with Gasteiger partial charge in [-0.25, -0.2) is 0 Å². The van der Waals surface area contributed by atoms with Gasteiger partial charge in [0.2, 0.25) is 0 Å². The van der Waals surface area contributed by atoms with Crippen LogP contribution in [0.15, 0.2) is 22.8 Å². The average molecular weight is 269 g/mol. The molecule has 0 fully saturated rings. The third-order valence-electron chi connectivity index (χ3n) is 3.08. The zero-order valence-corrected chi connectivity index (χ0v) is 12.1. The number of aliphatic hydroxyl groups excluding tert-OH is 1. The molecule has 2 unspecified atom stereocenters. The Balaban J connectivity index is 2.00. The Morgan fingerprint density at radius 1 is 1.37 bits per heavy atom. The molecule has 0 amide bonds. The molecule has 0 radical (unpaired) electrons. The first-order valence-corrected chi connectivity index (χ1v) is 7.26. The van der Waals surface area contributed by atoms with Crippen LogP contribution in [-0.2, 0) is 4.74 Å². The fraction of sp³-hybridized carbons (Fsp3) is 0.733. The second kappa shape index (κ2) is 10.0. The number of furan rings is 1. The van der Waals surface area contributed by atoms with E-state index in [1.807, 2.05) is 19.1 Å². The van der Waals surface area contributed by atoms with Crippen molar-refractivity contribution in [2.24, 2.45) is 0 Å². The van der Waals surface area contributed by atoms with Crippen LogP contribution in [0.4, 0.5) is 0 Å². The highest BCUT2D eigenvalue weighted by Crippen LogP contribution is 2.11. The molecule has 0 aliphatic carbocycles. The monoisotopic (exact) mass is 269 g/mol. The minimum absolute atomic E-state index is 0.106. The molecule has 0 aromatic carbocycles. The van der Waals surface area contributed by atoms with E-state index in [1.54, 1.807) is 6.26 Å². The minimum atomic E-state index is -0.469. The summed E-state index contributed by atoms with van der Waals surface area (Å²) >= 11 is 0. The number of unbranched alkanes of at least 4 members (excludes halogenated alkanes) is 3. The van der Waals surface area contributed by atoms with Crippen LogP contribution in [0.1, 0.15) is 51.3 Å². The van der Waals surface area contributed by atoms with Gasteiger partial charge < -0.3 is 19.6 Å². The molecule has 19 heavy (non-hydrogen) atoms. The smallest absolute Gasteiger partial charge is 0.120 e. The third-order valence-corrected chi connectivity index (χ3v) is 3.08. The maximum Gasteiger partial charge on any atom is 0.120 e. The van der Waals surface area contributed by atoms with E-state index in [-0.39, 0.29) is 6.04 Å². The molecule has 0 bridgehead atoms. The molecule has 1 aromatic rings. The van der Waals surface area contributed by atoms with E-state index in [1.165, 1.54) is 19.3 Å². The van der Waals surface area contributed by atoms with Gasteiger partial charge in [-0.15, -0.1) is 0 Å². The van der Waals surface area contributed by atoms with Crippen molar-refractivity contribution >= 4 is 0 Å². The number of hydrogen-bond acceptors (Lipinski definition) is 4. The Morgan fingerprint density at radius 3 is 2.89 bits per heavy atom. The standard InChI is InChI=1S/C15H27NO3/c1-3-4-5-6-9-18-12-14(17)11-16-13(2)15-8-7-10-19-15/h7-8,10,13-14,16-17H,3-6,9,11-12H2,1-2H3. The summed E-state index contributed by atoms with van der Waals surface area (Å²) in [6, 6.07) is 3.90. The Bertz CT molecular complexity index is 300. The summed E-state index contributed by atoms with van der Waals surface area (Å²) in [6.07, 6.45) is 5.97. The van der Waals surface area contributed by atoms with Gasteiger partial charge in [0, 0.05) is 13.2 Å². The van der Waals surface area contributed by atoms with Crippen LogP contribution in [0.25, 0.3) is 0 Å². The summed E-state index contributed by atoms with van der Waals surface area (Å²) in [5, 5.41) is 13.0. The molecule has 110 valence electrons. The highest BCUT2D eigenvalue weighted by molar-refractivity contribution is 5.02. The molecule has 2 atom stereocenters. The number of hydrogen-bond donors (Lipinski definition) is 2. The van der Waals surface area contributed by atoms with Crippen LogP contribution in [0.3, 0.4) is 0 Å². The van der Waals surface area contributed by atoms with Crippen LogP contribution in [0.5, 0.6) is 0 Å². The van der Waals surface area contributed by atoms with Crippen LogP contribution in [0, 0.1) is 0 Å². The van der Waals surface area contributed by atoms with Gasteiger partial charge in [0.1, 0.15) is 5.76 Å². The van der Waals surface area contributed by atoms with E-state index in [9.17, 15) is 5.11 Å². The second-order valence-electron chi connectivity index (χ2n) is 4.93. The fourth-order valence-corrected chi connectivity index (χ4v) is 1.86. The predicted molar refractivity (Wildman–Crippen MR) is 76.1 cm³/mol. The molecule has 1 aromatic heterocycles. The Kier molecular flexibility index (Phi) is 8.54. The highest BCUT2D eigenvalue weighted by atomic mass is 16.5. The first-order valence-electron chi connectivity index (χ1n) is 7.26. The van der Waals surface area contributed by atoms with Crippen molar-refractivity contribution in [3.63, 3.8) is 0 Å². The van der Waals surface area contributed by atoms with Gasteiger partial charge in [0.25, 0.3) is 0 Å². The van der Waals surface area contributed by atoms with E-state index in [4.69, 9.17) is 9.15 Å². The summed E-state index contributed by atoms with van der Waals surface area (Å²) in [7, 11) is 0. The molecule has 2 N–H and O–H groups in total. The average Bonchev–Trinajstić information content (AvgIpc) is 2.94. The first kappa shape index (κ1) is 16.2. The van der Waals surface area contributed by atoms with Crippen molar-refractivity contribution in [2.75, 3.05) is 19.8 Å². The van der Waals surface area contributed by atoms with Crippen molar-refractivity contribution in [3.8, 4) is 0 Å². The van der Waals surface area contributed by atoms with E-state index in [0.29, 0.717) is 13.2 Å². The molecule has 0 saturated carbocycles. The number of ether oxygens (including phenoxy) is 1. The summed E-state index contributed by atoms with van der Waals surface area (Å²) in [5.74, 6) is 0.882. The topological polar surface area (TPSA) is 54.6 Å². The zero-order valence-electron chi connectivity index (χ0n) is 12.1. The molecule has 4 heteroatoms. The van der Waals surface area contributed by atoms with Crippen molar-refractivity contribution in [1.82, 2.24) is 5.32 Å². The Hall–Kier alpha value is -0.840. The predicted octanol–water partition coefficient (Wildman–Crippen LogP) is 2.89. The van der Waals surface area contributed by atoms with E-state index in [2.05, 4.69) is 12.2 Å². The maximum absolute atomic E-state index is 9.78. The molecule has 0 aliphatic rings. The molecule has 0 spiro atoms. The first-order chi connectivity index (χ1) is 9.24. The molecular weight excluding hydrogens is 242 g/mol. The fourth-order valence-electron chi connectivity index (χ4n) is 1.86. The number of aliphatic hydroxyl groups is 1. The lowest BCUT2D eigenvalue weighted by Crippen LogP contribution is -2.32. The Morgan fingerprint density at radius 2 is 2.21 bits per heavy atom. The lowest BCUT2D eigenvalue weighted by atomic mass is 10.2. The van der Waals surface area contributed by atoms with Gasteiger partial charge in [0.05, 0.1) is 25.0 Å². The maximum atomic E-state index is 9.78. The van der Waals surface area contributed by atoms with Crippen LogP contribution in [0.2, 0.25) is 0 Å². The van der Waals surface area contributed by atoms with Crippen molar-refractivity contribution in [2.45, 2.75) is 51.7 Å². The molecule has 0 saturated heterocycles. The van der Waals surface area contributed by atoms with E-state index >= 15 is 0 Å². The minimum Gasteiger partial charge on any atom is -0.468 e. The zero-order chi connectivity index (χ0) is 13.9. The van der Waals surface area contributed by atoms with Crippen LogP contribution in [-0.4, -0.2) is 31.0 Å². The molecular formula is C15H27NO3. The van der Waals surface area contributed by atoms with Crippen molar-refractivity contribution in [3.05, 3.63) is 24.2 Å². The lowest BCUT2D eigenvalue weighted by Gasteiger charge is -2.15. The van der Waals surface area contributed by atoms with Gasteiger partial charge in [-0.05, 0) is 25.5 Å². The molecule has 1 heterocycles. The van der Waals surface area contributed by atoms with Crippen molar-refractivity contribution < 1.29 is 14.3 Å². The summed E-state index contributed by atoms with van der Waals surface area (Å²) in [5.41, 5.74) is 0. The summed E-state index contributed by atoms with van der Waals surface area (Å²) in [4.78, 5) is 0. The largest absolute Gasteiger partial charge is 0.468 e. The third kappa shape index (κ3) is 7.35. The van der Waals surface area contributed by atoms with E-state index < -0.39 is 6.10 Å². The number of nitrogens with one attached hydrogen (secondary N) is 1. The van der Waals surface area contributed by atoms with Gasteiger partial charge in [-0.3, -0.25) is 0 Å². The molecule has 4 nitrogen and oxygen atoms in total. The number of rotatable bonds is 11. The molecule has 0 aliphatic heterocycles. The van der Waals surface area contributed by atoms with Gasteiger partial charge in [-0.2, -0.15) is 0 Å². The van der Waals surface area contributed by atoms with Gasteiger partial charge >= 0.3 is 0 Å².